The molecule has 0 saturated carbocycles. The van der Waals surface area contributed by atoms with E-state index in [4.69, 9.17) is 20.4 Å². The minimum Gasteiger partial charge on any atom is -0.478 e. The molecule has 0 fully saturated rings. The molecule has 0 saturated heterocycles. The van der Waals surface area contributed by atoms with E-state index >= 15 is 0 Å². The normalized spacial score (nSPS) is 10.9. The summed E-state index contributed by atoms with van der Waals surface area (Å²) >= 11 is -1.85. The Hall–Kier alpha value is -2.88. The summed E-state index contributed by atoms with van der Waals surface area (Å²) in [6, 6.07) is 11.0. The van der Waals surface area contributed by atoms with Crippen molar-refractivity contribution in [1.29, 1.82) is 0 Å². The van der Waals surface area contributed by atoms with Crippen LogP contribution in [0.2, 0.25) is 17.7 Å². The Morgan fingerprint density at radius 1 is 0.469 bits per heavy atom. The molecule has 0 aliphatic carbocycles. The molecule has 2 rings (SSSR count). The minimum absolute atomic E-state index is 0.190. The van der Waals surface area contributed by atoms with Gasteiger partial charge >= 0.3 is 190 Å². The molecule has 0 aliphatic heterocycles. The number of carbonyl (C=O) groups is 4. The number of carboxylic acids is 4. The van der Waals surface area contributed by atoms with Gasteiger partial charge in [-0.05, 0) is 24.3 Å². The fraction of sp³-hybridized carbons (Fsp3) is 0.600. The molecule has 4 N–H and O–H groups in total. The van der Waals surface area contributed by atoms with Gasteiger partial charge in [-0.3, -0.25) is 0 Å². The predicted molar refractivity (Wildman–Crippen MR) is 202 cm³/mol. The second kappa shape index (κ2) is 26.9. The van der Waals surface area contributed by atoms with E-state index in [9.17, 15) is 19.2 Å². The number of hydrogen-bond donors (Lipinski definition) is 4. The van der Waals surface area contributed by atoms with Crippen molar-refractivity contribution in [2.45, 2.75) is 136 Å². The standard InChI is InChI=1S/2C8H6O4.2C8H17.2C4H9.Sn/c2*9-7(10)5-3-1-2-4-6(5)8(11)12;2*1-4-5-6-7-8(2)3;2*1-3-4-2;/h2*1-4H,(H,9,10)(H,11,12);2*8H,1,4-7H2,2-3H3;2*1,3-4H2,2H3;. The Kier molecular flexibility index (Phi) is 25.3. The molecule has 0 atom stereocenters. The monoisotopic (exact) mass is 792 g/mol. The third-order valence-corrected chi connectivity index (χ3v) is 25.0. The number of carboxylic acid groups (broad SMARTS) is 4. The zero-order valence-corrected chi connectivity index (χ0v) is 33.9. The van der Waals surface area contributed by atoms with Crippen LogP contribution in [0.25, 0.3) is 0 Å². The van der Waals surface area contributed by atoms with Crippen LogP contribution >= 0.6 is 0 Å². The van der Waals surface area contributed by atoms with Crippen LogP contribution in [0, 0.1) is 11.8 Å². The number of benzene rings is 2. The Morgan fingerprint density at radius 2 is 0.735 bits per heavy atom. The van der Waals surface area contributed by atoms with Gasteiger partial charge in [-0.25, -0.2) is 19.2 Å². The van der Waals surface area contributed by atoms with Crippen molar-refractivity contribution in [3.05, 3.63) is 70.8 Å². The van der Waals surface area contributed by atoms with Gasteiger partial charge < -0.3 is 20.4 Å². The van der Waals surface area contributed by atoms with E-state index in [2.05, 4.69) is 41.5 Å². The second-order valence-corrected chi connectivity index (χ2v) is 28.3. The number of hydrogen-bond acceptors (Lipinski definition) is 4. The SMILES string of the molecule is CCC[CH2][Sn]([CH2]CCC)([CH2]CCCCC(C)C)[CH2]CCCCC(C)C.O=C(O)c1ccccc1C(=O)O.O=C(O)c1ccccc1C(=O)O. The molecule has 0 unspecified atom stereocenters. The number of aromatic carboxylic acids is 4. The van der Waals surface area contributed by atoms with Crippen LogP contribution in [0.5, 0.6) is 0 Å². The first-order valence-corrected chi connectivity index (χ1v) is 26.4. The van der Waals surface area contributed by atoms with Gasteiger partial charge in [-0.1, -0.05) is 24.3 Å². The van der Waals surface area contributed by atoms with Crippen molar-refractivity contribution < 1.29 is 39.6 Å². The maximum atomic E-state index is 10.5. The molecule has 0 aromatic heterocycles. The summed E-state index contributed by atoms with van der Waals surface area (Å²) in [7, 11) is 0. The van der Waals surface area contributed by atoms with E-state index in [1.54, 1.807) is 30.6 Å². The average molecular weight is 792 g/mol. The van der Waals surface area contributed by atoms with Crippen molar-refractivity contribution in [2.75, 3.05) is 0 Å². The Morgan fingerprint density at radius 3 is 0.959 bits per heavy atom. The average Bonchev–Trinajstić information content (AvgIpc) is 3.06. The first kappa shape index (κ1) is 46.1. The largest absolute Gasteiger partial charge is 0.478 e. The summed E-state index contributed by atoms with van der Waals surface area (Å²) in [6.07, 6.45) is 18.0. The maximum absolute atomic E-state index is 10.5. The third-order valence-electron chi connectivity index (χ3n) is 8.87. The fourth-order valence-electron chi connectivity index (χ4n) is 6.02. The molecule has 8 nitrogen and oxygen atoms in total. The number of unbranched alkanes of at least 4 members (excludes halogenated alkanes) is 6. The third kappa shape index (κ3) is 21.1. The summed E-state index contributed by atoms with van der Waals surface area (Å²) in [5.41, 5.74) is -0.759. The van der Waals surface area contributed by atoms with E-state index in [-0.39, 0.29) is 22.3 Å². The van der Waals surface area contributed by atoms with Gasteiger partial charge in [0.2, 0.25) is 0 Å². The van der Waals surface area contributed by atoms with Crippen molar-refractivity contribution in [1.82, 2.24) is 0 Å². The summed E-state index contributed by atoms with van der Waals surface area (Å²) in [4.78, 5) is 41.9. The molecular formula is C40H64O8Sn. The topological polar surface area (TPSA) is 149 Å². The molecule has 276 valence electrons. The van der Waals surface area contributed by atoms with Crippen molar-refractivity contribution >= 4 is 42.3 Å². The molecule has 0 spiro atoms. The van der Waals surface area contributed by atoms with E-state index in [1.165, 1.54) is 113 Å². The van der Waals surface area contributed by atoms with Crippen LogP contribution in [0.15, 0.2) is 48.5 Å². The van der Waals surface area contributed by atoms with Crippen molar-refractivity contribution in [3.8, 4) is 0 Å². The van der Waals surface area contributed by atoms with Crippen molar-refractivity contribution in [3.63, 3.8) is 0 Å². The van der Waals surface area contributed by atoms with Gasteiger partial charge in [0.1, 0.15) is 0 Å². The Labute approximate surface area is 299 Å². The molecular weight excluding hydrogens is 727 g/mol. The first-order chi connectivity index (χ1) is 23.2. The van der Waals surface area contributed by atoms with Gasteiger partial charge in [0, 0.05) is 0 Å². The molecule has 0 heterocycles. The van der Waals surface area contributed by atoms with E-state index < -0.39 is 42.3 Å². The summed E-state index contributed by atoms with van der Waals surface area (Å²) in [5, 5.41) is 34.2. The van der Waals surface area contributed by atoms with Crippen molar-refractivity contribution in [2.24, 2.45) is 11.8 Å². The zero-order valence-electron chi connectivity index (χ0n) is 31.0. The Balaban J connectivity index is 0.000000791. The summed E-state index contributed by atoms with van der Waals surface area (Å²) in [5.74, 6) is -3.12. The van der Waals surface area contributed by atoms with Crippen LogP contribution in [-0.2, 0) is 0 Å². The Bertz CT molecular complexity index is 1080. The summed E-state index contributed by atoms with van der Waals surface area (Å²) < 4.78 is 6.85. The first-order valence-electron chi connectivity index (χ1n) is 18.3. The van der Waals surface area contributed by atoms with E-state index in [0.29, 0.717) is 0 Å². The molecule has 0 radical (unpaired) electrons. The molecule has 9 heteroatoms. The van der Waals surface area contributed by atoms with Crippen LogP contribution in [0.1, 0.15) is 160 Å². The second-order valence-electron chi connectivity index (χ2n) is 14.0. The smallest absolute Gasteiger partial charge is 0.336 e. The number of rotatable bonds is 22. The molecule has 0 bridgehead atoms. The molecule has 0 amide bonds. The van der Waals surface area contributed by atoms with Gasteiger partial charge in [0.25, 0.3) is 0 Å². The minimum atomic E-state index is -1.85. The van der Waals surface area contributed by atoms with Gasteiger partial charge in [-0.2, -0.15) is 0 Å². The van der Waals surface area contributed by atoms with Crippen LogP contribution in [0.3, 0.4) is 0 Å². The predicted octanol–water partition coefficient (Wildman–Crippen LogP) is 11.6. The molecule has 0 aliphatic rings. The maximum Gasteiger partial charge on any atom is 0.336 e. The van der Waals surface area contributed by atoms with E-state index in [0.717, 1.165) is 11.8 Å². The van der Waals surface area contributed by atoms with Gasteiger partial charge in [0.15, 0.2) is 0 Å². The van der Waals surface area contributed by atoms with E-state index in [1.807, 2.05) is 0 Å². The summed E-state index contributed by atoms with van der Waals surface area (Å²) in [6.45, 7) is 14.3. The van der Waals surface area contributed by atoms with Gasteiger partial charge in [-0.15, -0.1) is 0 Å². The quantitative estimate of drug-likeness (QED) is 0.0680. The van der Waals surface area contributed by atoms with Crippen LogP contribution in [-0.4, -0.2) is 62.7 Å². The molecule has 2 aromatic carbocycles. The fourth-order valence-corrected chi connectivity index (χ4v) is 22.3. The van der Waals surface area contributed by atoms with Crippen LogP contribution in [0.4, 0.5) is 0 Å². The molecule has 49 heavy (non-hydrogen) atoms. The van der Waals surface area contributed by atoms with Gasteiger partial charge in [0.05, 0.1) is 22.3 Å². The van der Waals surface area contributed by atoms with Crippen LogP contribution < -0.4 is 0 Å². The zero-order chi connectivity index (χ0) is 37.2. The molecule has 2 aromatic rings.